The highest BCUT2D eigenvalue weighted by molar-refractivity contribution is 7.92. The first-order valence-corrected chi connectivity index (χ1v) is 11.5. The number of rotatable bonds is 8. The largest absolute Gasteiger partial charge is 0.296 e. The fraction of sp³-hybridized carbons (Fsp3) is 0.250. The summed E-state index contributed by atoms with van der Waals surface area (Å²) in [6.07, 6.45) is 2.89. The minimum atomic E-state index is -3.82. The summed E-state index contributed by atoms with van der Waals surface area (Å²) in [5.74, 6) is -0.435. The molecule has 0 spiro atoms. The van der Waals surface area contributed by atoms with Gasteiger partial charge in [0.05, 0.1) is 4.90 Å². The van der Waals surface area contributed by atoms with E-state index in [-0.39, 0.29) is 10.5 Å². The van der Waals surface area contributed by atoms with Gasteiger partial charge in [0, 0.05) is 17.7 Å². The number of carbonyl (C=O) groups is 1. The van der Waals surface area contributed by atoms with E-state index in [9.17, 15) is 13.2 Å². The van der Waals surface area contributed by atoms with Gasteiger partial charge in [0.2, 0.25) is 5.13 Å². The molecular weight excluding hydrogens is 408 g/mol. The first-order valence-electron chi connectivity index (χ1n) is 9.20. The molecule has 3 aromatic rings. The maximum Gasteiger partial charge on any atom is 0.261 e. The van der Waals surface area contributed by atoms with Crippen LogP contribution in [-0.2, 0) is 16.4 Å². The molecule has 0 bridgehead atoms. The maximum atomic E-state index is 12.7. The van der Waals surface area contributed by atoms with E-state index in [1.54, 1.807) is 18.2 Å². The second kappa shape index (κ2) is 9.15. The van der Waals surface area contributed by atoms with Gasteiger partial charge in [0.1, 0.15) is 5.01 Å². The van der Waals surface area contributed by atoms with Gasteiger partial charge in [-0.1, -0.05) is 48.4 Å². The smallest absolute Gasteiger partial charge is 0.261 e. The van der Waals surface area contributed by atoms with Crippen molar-refractivity contribution in [1.29, 1.82) is 0 Å². The number of carbonyl (C=O) groups excluding carboxylic acids is 1. The zero-order valence-electron chi connectivity index (χ0n) is 16.2. The molecule has 0 saturated heterocycles. The highest BCUT2D eigenvalue weighted by Gasteiger charge is 2.17. The second-order valence-corrected chi connectivity index (χ2v) is 9.30. The Morgan fingerprint density at radius 3 is 2.59 bits per heavy atom. The Balaban J connectivity index is 1.73. The molecule has 0 unspecified atom stereocenters. The molecule has 29 heavy (non-hydrogen) atoms. The van der Waals surface area contributed by atoms with Crippen LogP contribution < -0.4 is 10.0 Å². The minimum Gasteiger partial charge on any atom is -0.296 e. The summed E-state index contributed by atoms with van der Waals surface area (Å²) in [6, 6.07) is 12.9. The predicted octanol–water partition coefficient (Wildman–Crippen LogP) is 4.24. The summed E-state index contributed by atoms with van der Waals surface area (Å²) in [7, 11) is -3.82. The summed E-state index contributed by atoms with van der Waals surface area (Å²) >= 11 is 1.32. The van der Waals surface area contributed by atoms with Crippen molar-refractivity contribution in [2.75, 3.05) is 10.0 Å². The molecule has 0 aliphatic heterocycles. The number of anilines is 2. The van der Waals surface area contributed by atoms with Crippen LogP contribution in [0.2, 0.25) is 0 Å². The Labute approximate surface area is 174 Å². The van der Waals surface area contributed by atoms with Crippen molar-refractivity contribution >= 4 is 38.1 Å². The van der Waals surface area contributed by atoms with Crippen LogP contribution in [-0.4, -0.2) is 24.5 Å². The molecule has 1 aromatic heterocycles. The first kappa shape index (κ1) is 20.9. The van der Waals surface area contributed by atoms with Crippen LogP contribution in [0.4, 0.5) is 10.8 Å². The Morgan fingerprint density at radius 1 is 1.10 bits per heavy atom. The second-order valence-electron chi connectivity index (χ2n) is 6.56. The number of amides is 1. The summed E-state index contributed by atoms with van der Waals surface area (Å²) in [4.78, 5) is 12.5. The van der Waals surface area contributed by atoms with Crippen molar-refractivity contribution in [3.8, 4) is 0 Å². The number of unbranched alkanes of at least 4 members (excludes halogenated alkanes) is 1. The summed E-state index contributed by atoms with van der Waals surface area (Å²) in [5, 5.41) is 12.0. The van der Waals surface area contributed by atoms with Crippen LogP contribution in [0.25, 0.3) is 0 Å². The SMILES string of the molecule is CCCCc1nnc(NC(=O)c2cccc(S(=O)(=O)Nc3ccc(C)cc3)c2)s1. The van der Waals surface area contributed by atoms with E-state index in [4.69, 9.17) is 0 Å². The van der Waals surface area contributed by atoms with Gasteiger partial charge in [0.15, 0.2) is 0 Å². The zero-order valence-corrected chi connectivity index (χ0v) is 17.8. The molecule has 7 nitrogen and oxygen atoms in total. The lowest BCUT2D eigenvalue weighted by atomic mass is 10.2. The van der Waals surface area contributed by atoms with E-state index in [1.165, 1.54) is 29.5 Å². The lowest BCUT2D eigenvalue weighted by molar-refractivity contribution is 0.102. The number of hydrogen-bond donors (Lipinski definition) is 2. The number of nitrogens with one attached hydrogen (secondary N) is 2. The number of aryl methyl sites for hydroxylation is 2. The molecule has 2 aromatic carbocycles. The molecular formula is C20H22N4O3S2. The van der Waals surface area contributed by atoms with Crippen LogP contribution in [0.15, 0.2) is 53.4 Å². The third-order valence-electron chi connectivity index (χ3n) is 4.14. The molecule has 152 valence electrons. The van der Waals surface area contributed by atoms with E-state index >= 15 is 0 Å². The van der Waals surface area contributed by atoms with Crippen LogP contribution in [0.1, 0.15) is 40.7 Å². The van der Waals surface area contributed by atoms with Gasteiger partial charge in [-0.15, -0.1) is 10.2 Å². The Hall–Kier alpha value is -2.78. The van der Waals surface area contributed by atoms with Crippen LogP contribution in [0.3, 0.4) is 0 Å². The molecule has 0 radical (unpaired) electrons. The Morgan fingerprint density at radius 2 is 1.86 bits per heavy atom. The van der Waals surface area contributed by atoms with Crippen LogP contribution in [0.5, 0.6) is 0 Å². The number of nitrogens with zero attached hydrogens (tertiary/aromatic N) is 2. The van der Waals surface area contributed by atoms with Gasteiger partial charge in [-0.3, -0.25) is 14.8 Å². The van der Waals surface area contributed by atoms with Crippen molar-refractivity contribution in [2.24, 2.45) is 0 Å². The van der Waals surface area contributed by atoms with Gasteiger partial charge in [0.25, 0.3) is 15.9 Å². The molecule has 1 heterocycles. The Kier molecular flexibility index (Phi) is 6.60. The minimum absolute atomic E-state index is 0.00613. The van der Waals surface area contributed by atoms with E-state index in [2.05, 4.69) is 27.2 Å². The number of sulfonamides is 1. The lowest BCUT2D eigenvalue weighted by Crippen LogP contribution is -2.16. The normalized spacial score (nSPS) is 11.2. The molecule has 0 saturated carbocycles. The monoisotopic (exact) mass is 430 g/mol. The molecule has 2 N–H and O–H groups in total. The van der Waals surface area contributed by atoms with Gasteiger partial charge in [-0.2, -0.15) is 0 Å². The van der Waals surface area contributed by atoms with Crippen molar-refractivity contribution in [2.45, 2.75) is 38.0 Å². The number of benzene rings is 2. The van der Waals surface area contributed by atoms with Crippen molar-refractivity contribution in [3.63, 3.8) is 0 Å². The zero-order chi connectivity index (χ0) is 20.9. The average Bonchev–Trinajstić information content (AvgIpc) is 3.15. The quantitative estimate of drug-likeness (QED) is 0.557. The average molecular weight is 431 g/mol. The predicted molar refractivity (Wildman–Crippen MR) is 115 cm³/mol. The third-order valence-corrected chi connectivity index (χ3v) is 6.42. The summed E-state index contributed by atoms with van der Waals surface area (Å²) < 4.78 is 27.8. The van der Waals surface area contributed by atoms with Crippen molar-refractivity contribution in [3.05, 3.63) is 64.7 Å². The molecule has 0 fully saturated rings. The van der Waals surface area contributed by atoms with E-state index < -0.39 is 15.9 Å². The first-order chi connectivity index (χ1) is 13.9. The number of aromatic nitrogens is 2. The highest BCUT2D eigenvalue weighted by Crippen LogP contribution is 2.20. The van der Waals surface area contributed by atoms with Crippen molar-refractivity contribution < 1.29 is 13.2 Å². The Bertz CT molecular complexity index is 1090. The van der Waals surface area contributed by atoms with Gasteiger partial charge < -0.3 is 0 Å². The van der Waals surface area contributed by atoms with E-state index in [0.29, 0.717) is 10.8 Å². The van der Waals surface area contributed by atoms with E-state index in [0.717, 1.165) is 29.8 Å². The third kappa shape index (κ3) is 5.61. The summed E-state index contributed by atoms with van der Waals surface area (Å²) in [6.45, 7) is 4.02. The van der Waals surface area contributed by atoms with Crippen molar-refractivity contribution in [1.82, 2.24) is 10.2 Å². The fourth-order valence-electron chi connectivity index (χ4n) is 2.54. The van der Waals surface area contributed by atoms with Gasteiger partial charge >= 0.3 is 0 Å². The molecule has 3 rings (SSSR count). The van der Waals surface area contributed by atoms with E-state index in [1.807, 2.05) is 19.1 Å². The van der Waals surface area contributed by atoms with Gasteiger partial charge in [-0.25, -0.2) is 8.42 Å². The lowest BCUT2D eigenvalue weighted by Gasteiger charge is -2.09. The summed E-state index contributed by atoms with van der Waals surface area (Å²) in [5.41, 5.74) is 1.71. The van der Waals surface area contributed by atoms with Crippen LogP contribution in [0, 0.1) is 6.92 Å². The molecule has 0 aliphatic rings. The highest BCUT2D eigenvalue weighted by atomic mass is 32.2. The standard InChI is InChI=1S/C20H22N4O3S2/c1-3-4-8-18-22-23-20(28-18)21-19(25)15-6-5-7-17(13-15)29(26,27)24-16-11-9-14(2)10-12-16/h5-7,9-13,24H,3-4,8H2,1-2H3,(H,21,23,25). The molecule has 0 atom stereocenters. The van der Waals surface area contributed by atoms with Gasteiger partial charge in [-0.05, 0) is 43.7 Å². The fourth-order valence-corrected chi connectivity index (χ4v) is 4.42. The number of hydrogen-bond acceptors (Lipinski definition) is 6. The molecule has 1 amide bonds. The maximum absolute atomic E-state index is 12.7. The topological polar surface area (TPSA) is 101 Å². The molecule has 9 heteroatoms. The van der Waals surface area contributed by atoms with Crippen LogP contribution >= 0.6 is 11.3 Å². The molecule has 0 aliphatic carbocycles.